The first kappa shape index (κ1) is 22.2. The Morgan fingerprint density at radius 3 is 2.33 bits per heavy atom. The minimum absolute atomic E-state index is 0.0293. The highest BCUT2D eigenvalue weighted by Crippen LogP contribution is 2.39. The fraction of sp³-hybridized carbons (Fsp3) is 0.682. The van der Waals surface area contributed by atoms with E-state index in [-0.39, 0.29) is 16.5 Å². The zero-order valence-electron chi connectivity index (χ0n) is 19.5. The Bertz CT molecular complexity index is 1020. The van der Waals surface area contributed by atoms with Crippen LogP contribution < -0.4 is 10.6 Å². The third kappa shape index (κ3) is 3.68. The van der Waals surface area contributed by atoms with E-state index in [2.05, 4.69) is 46.4 Å². The topological polar surface area (TPSA) is 83.6 Å². The average Bonchev–Trinajstić information content (AvgIpc) is 2.83. The fourth-order valence-electron chi connectivity index (χ4n) is 4.21. The Labute approximate surface area is 178 Å². The minimum atomic E-state index is -0.892. The second-order valence-electron chi connectivity index (χ2n) is 10.9. The van der Waals surface area contributed by atoms with Crippen LogP contribution in [0.1, 0.15) is 48.5 Å². The third-order valence-corrected chi connectivity index (χ3v) is 6.46. The molecule has 1 atom stereocenters. The molecular formula is C22H35N5O3. The van der Waals surface area contributed by atoms with Crippen molar-refractivity contribution in [2.24, 2.45) is 17.9 Å². The van der Waals surface area contributed by atoms with Crippen LogP contribution in [0.15, 0.2) is 16.9 Å². The summed E-state index contributed by atoms with van der Waals surface area (Å²) in [6.45, 7) is 16.7. The molecule has 1 amide bonds. The van der Waals surface area contributed by atoms with Crippen molar-refractivity contribution in [1.29, 1.82) is 0 Å². The normalized spacial score (nSPS) is 20.8. The van der Waals surface area contributed by atoms with Gasteiger partial charge in [-0.15, -0.1) is 0 Å². The van der Waals surface area contributed by atoms with Crippen LogP contribution in [0.2, 0.25) is 0 Å². The summed E-state index contributed by atoms with van der Waals surface area (Å²) in [5.41, 5.74) is 0.552. The monoisotopic (exact) mass is 417 g/mol. The van der Waals surface area contributed by atoms with E-state index < -0.39 is 11.6 Å². The number of amides is 1. The molecule has 8 heteroatoms. The number of rotatable bonds is 2. The summed E-state index contributed by atoms with van der Waals surface area (Å²) in [6, 6.07) is 3.91. The van der Waals surface area contributed by atoms with Crippen molar-refractivity contribution in [3.05, 3.63) is 22.6 Å². The lowest BCUT2D eigenvalue weighted by Crippen LogP contribution is -2.67. The van der Waals surface area contributed by atoms with Crippen molar-refractivity contribution in [2.75, 3.05) is 24.5 Å². The van der Waals surface area contributed by atoms with Gasteiger partial charge in [0.2, 0.25) is 0 Å². The first-order chi connectivity index (χ1) is 13.7. The maximum Gasteiger partial charge on any atom is 0.407 e. The predicted molar refractivity (Wildman–Crippen MR) is 119 cm³/mol. The highest BCUT2D eigenvalue weighted by atomic mass is 16.4. The van der Waals surface area contributed by atoms with E-state index in [0.717, 1.165) is 11.3 Å². The highest BCUT2D eigenvalue weighted by molar-refractivity contribution is 5.74. The van der Waals surface area contributed by atoms with Crippen LogP contribution in [0.4, 0.5) is 10.6 Å². The van der Waals surface area contributed by atoms with Gasteiger partial charge < -0.3 is 10.0 Å². The van der Waals surface area contributed by atoms with E-state index >= 15 is 0 Å². The van der Waals surface area contributed by atoms with Gasteiger partial charge in [0.25, 0.3) is 0 Å². The van der Waals surface area contributed by atoms with Gasteiger partial charge in [0.05, 0.1) is 11.1 Å². The molecule has 2 aromatic rings. The summed E-state index contributed by atoms with van der Waals surface area (Å²) < 4.78 is 3.38. The lowest BCUT2D eigenvalue weighted by Gasteiger charge is -2.54. The van der Waals surface area contributed by atoms with Crippen LogP contribution >= 0.6 is 0 Å². The molecule has 1 aliphatic rings. The molecule has 1 aliphatic heterocycles. The van der Waals surface area contributed by atoms with E-state index in [1.165, 1.54) is 0 Å². The second kappa shape index (κ2) is 7.03. The summed E-state index contributed by atoms with van der Waals surface area (Å²) in [4.78, 5) is 33.2. The van der Waals surface area contributed by atoms with Gasteiger partial charge in [-0.05, 0) is 29.9 Å². The number of anilines is 1. The van der Waals surface area contributed by atoms with E-state index in [9.17, 15) is 14.7 Å². The molecule has 0 aliphatic carbocycles. The number of carboxylic acid groups (broad SMARTS) is 1. The van der Waals surface area contributed by atoms with Crippen molar-refractivity contribution in [3.8, 4) is 0 Å². The maximum atomic E-state index is 12.8. The Balaban J connectivity index is 2.03. The van der Waals surface area contributed by atoms with Crippen molar-refractivity contribution < 1.29 is 9.90 Å². The molecule has 0 aromatic carbocycles. The lowest BCUT2D eigenvalue weighted by molar-refractivity contribution is 0.00729. The van der Waals surface area contributed by atoms with E-state index in [1.54, 1.807) is 21.1 Å². The Kier molecular flexibility index (Phi) is 5.20. The van der Waals surface area contributed by atoms with Gasteiger partial charge in [-0.25, -0.2) is 14.6 Å². The molecule has 0 bridgehead atoms. The largest absolute Gasteiger partial charge is 0.465 e. The summed E-state index contributed by atoms with van der Waals surface area (Å²) in [7, 11) is 1.75. The number of aromatic nitrogens is 3. The molecule has 1 fully saturated rings. The standard InChI is InChI=1S/C22H35N5O3/c1-20(2,3)13-26-15-9-10-16(23-17(15)24(8)18(26)28)25-11-12-27(19(29)30)22(7,14-25)21(4,5)6/h9-10H,11-14H2,1-8H3,(H,29,30)/t22-/m0/s1. The zero-order chi connectivity index (χ0) is 22.6. The van der Waals surface area contributed by atoms with Gasteiger partial charge in [-0.1, -0.05) is 41.5 Å². The van der Waals surface area contributed by atoms with Crippen molar-refractivity contribution in [2.45, 2.75) is 60.5 Å². The van der Waals surface area contributed by atoms with Crippen molar-refractivity contribution in [3.63, 3.8) is 0 Å². The first-order valence-electron chi connectivity index (χ1n) is 10.5. The molecule has 1 N–H and O–H groups in total. The molecule has 2 aromatic heterocycles. The number of hydrogen-bond donors (Lipinski definition) is 1. The number of fused-ring (bicyclic) bond motifs is 1. The SMILES string of the molecule is Cn1c(=O)n(CC(C)(C)C)c2ccc(N3CCN(C(=O)O)[C@](C)(C(C)(C)C)C3)nc21. The van der Waals surface area contributed by atoms with Crippen LogP contribution in [0.5, 0.6) is 0 Å². The molecule has 8 nitrogen and oxygen atoms in total. The molecule has 30 heavy (non-hydrogen) atoms. The Morgan fingerprint density at radius 2 is 1.80 bits per heavy atom. The summed E-state index contributed by atoms with van der Waals surface area (Å²) in [5.74, 6) is 0.770. The molecule has 3 heterocycles. The number of nitrogens with zero attached hydrogens (tertiary/aromatic N) is 5. The van der Waals surface area contributed by atoms with Crippen molar-refractivity contribution >= 4 is 23.1 Å². The summed E-state index contributed by atoms with van der Waals surface area (Å²) in [5, 5.41) is 9.75. The number of pyridine rings is 1. The van der Waals surface area contributed by atoms with Crippen LogP contribution in [0.25, 0.3) is 11.2 Å². The quantitative estimate of drug-likeness (QED) is 0.810. The Hall–Kier alpha value is -2.51. The zero-order valence-corrected chi connectivity index (χ0v) is 19.5. The van der Waals surface area contributed by atoms with Crippen molar-refractivity contribution in [1.82, 2.24) is 19.0 Å². The van der Waals surface area contributed by atoms with Crippen LogP contribution in [-0.4, -0.2) is 55.4 Å². The molecular weight excluding hydrogens is 382 g/mol. The van der Waals surface area contributed by atoms with Crippen LogP contribution in [0.3, 0.4) is 0 Å². The molecule has 0 radical (unpaired) electrons. The van der Waals surface area contributed by atoms with Gasteiger partial charge in [-0.3, -0.25) is 14.0 Å². The highest BCUT2D eigenvalue weighted by Gasteiger charge is 2.48. The van der Waals surface area contributed by atoms with Crippen LogP contribution in [0, 0.1) is 10.8 Å². The van der Waals surface area contributed by atoms with E-state index in [4.69, 9.17) is 4.98 Å². The van der Waals surface area contributed by atoms with Crippen LogP contribution in [-0.2, 0) is 13.6 Å². The van der Waals surface area contributed by atoms with Gasteiger partial charge >= 0.3 is 11.8 Å². The molecule has 166 valence electrons. The van der Waals surface area contributed by atoms with Gasteiger partial charge in [0.1, 0.15) is 5.82 Å². The first-order valence-corrected chi connectivity index (χ1v) is 10.5. The fourth-order valence-corrected chi connectivity index (χ4v) is 4.21. The molecule has 0 spiro atoms. The average molecular weight is 418 g/mol. The third-order valence-electron chi connectivity index (χ3n) is 6.46. The van der Waals surface area contributed by atoms with E-state index in [1.807, 2.05) is 19.1 Å². The van der Waals surface area contributed by atoms with Gasteiger partial charge in [-0.2, -0.15) is 0 Å². The Morgan fingerprint density at radius 1 is 1.17 bits per heavy atom. The summed E-state index contributed by atoms with van der Waals surface area (Å²) >= 11 is 0. The molecule has 1 saturated heterocycles. The van der Waals surface area contributed by atoms with Gasteiger partial charge in [0.15, 0.2) is 5.65 Å². The van der Waals surface area contributed by atoms with E-state index in [0.29, 0.717) is 31.8 Å². The second-order valence-corrected chi connectivity index (χ2v) is 10.9. The number of imidazole rings is 1. The molecule has 0 saturated carbocycles. The van der Waals surface area contributed by atoms with Gasteiger partial charge in [0, 0.05) is 33.2 Å². The minimum Gasteiger partial charge on any atom is -0.465 e. The number of hydrogen-bond acceptors (Lipinski definition) is 4. The predicted octanol–water partition coefficient (Wildman–Crippen LogP) is 3.39. The number of carbonyl (C=O) groups is 1. The number of aryl methyl sites for hydroxylation is 1. The lowest BCUT2D eigenvalue weighted by atomic mass is 9.72. The smallest absolute Gasteiger partial charge is 0.407 e. The maximum absolute atomic E-state index is 12.8. The molecule has 0 unspecified atom stereocenters. The molecule has 3 rings (SSSR count). The summed E-state index contributed by atoms with van der Waals surface area (Å²) in [6.07, 6.45) is -0.892. The number of piperazine rings is 1.